The van der Waals surface area contributed by atoms with E-state index in [-0.39, 0.29) is 0 Å². The van der Waals surface area contributed by atoms with E-state index >= 15 is 0 Å². The molecule has 0 radical (unpaired) electrons. The molecule has 82 valence electrons. The fraction of sp³-hybridized carbons (Fsp3) is 0.500. The van der Waals surface area contributed by atoms with E-state index in [4.69, 9.17) is 4.74 Å². The lowest BCUT2D eigenvalue weighted by atomic mass is 10.0. The lowest BCUT2D eigenvalue weighted by Crippen LogP contribution is -2.25. The first-order chi connectivity index (χ1) is 7.26. The molecule has 2 atom stereocenters. The molecule has 0 aliphatic carbocycles. The van der Waals surface area contributed by atoms with Gasteiger partial charge >= 0.3 is 0 Å². The lowest BCUT2D eigenvalue weighted by Gasteiger charge is -2.16. The Morgan fingerprint density at radius 3 is 2.93 bits per heavy atom. The van der Waals surface area contributed by atoms with Gasteiger partial charge in [0, 0.05) is 16.2 Å². The summed E-state index contributed by atoms with van der Waals surface area (Å²) >= 11 is 1.93. The Hall–Kier alpha value is -0.670. The highest BCUT2D eigenvalue weighted by atomic mass is 32.2. The Balaban J connectivity index is 2.30. The highest BCUT2D eigenvalue weighted by molar-refractivity contribution is 8.00. The molecule has 0 aromatic heterocycles. The summed E-state index contributed by atoms with van der Waals surface area (Å²) in [6.07, 6.45) is 0. The van der Waals surface area contributed by atoms with Crippen LogP contribution in [0.3, 0.4) is 0 Å². The first-order valence-corrected chi connectivity index (χ1v) is 6.22. The molecule has 1 aliphatic rings. The number of nitrogens with one attached hydrogen (secondary N) is 1. The molecule has 2 unspecified atom stereocenters. The molecule has 1 aliphatic heterocycles. The summed E-state index contributed by atoms with van der Waals surface area (Å²) in [4.78, 5) is 1.35. The van der Waals surface area contributed by atoms with Gasteiger partial charge in [-0.3, -0.25) is 0 Å². The van der Waals surface area contributed by atoms with Gasteiger partial charge in [-0.1, -0.05) is 19.9 Å². The van der Waals surface area contributed by atoms with Crippen LogP contribution < -0.4 is 10.1 Å². The van der Waals surface area contributed by atoms with Crippen LogP contribution in [0, 0.1) is 0 Å². The van der Waals surface area contributed by atoms with Crippen molar-refractivity contribution in [2.24, 2.45) is 0 Å². The Morgan fingerprint density at radius 1 is 1.47 bits per heavy atom. The number of methoxy groups -OCH3 is 1. The third kappa shape index (κ3) is 1.99. The van der Waals surface area contributed by atoms with Crippen molar-refractivity contribution in [3.05, 3.63) is 23.8 Å². The second-order valence-electron chi connectivity index (χ2n) is 3.76. The van der Waals surface area contributed by atoms with Crippen LogP contribution in [-0.2, 0) is 0 Å². The molecule has 0 spiro atoms. The van der Waals surface area contributed by atoms with Crippen LogP contribution in [0.5, 0.6) is 5.75 Å². The molecular formula is C12H17NOS. The van der Waals surface area contributed by atoms with Crippen molar-refractivity contribution in [2.75, 3.05) is 13.7 Å². The second kappa shape index (κ2) is 4.45. The van der Waals surface area contributed by atoms with Crippen molar-refractivity contribution in [3.63, 3.8) is 0 Å². The van der Waals surface area contributed by atoms with Gasteiger partial charge in [0.2, 0.25) is 0 Å². The van der Waals surface area contributed by atoms with Crippen LogP contribution in [0.15, 0.2) is 23.1 Å². The Morgan fingerprint density at radius 2 is 2.27 bits per heavy atom. The molecule has 1 aromatic rings. The largest absolute Gasteiger partial charge is 0.497 e. The van der Waals surface area contributed by atoms with Gasteiger partial charge in [0.1, 0.15) is 5.75 Å². The summed E-state index contributed by atoms with van der Waals surface area (Å²) in [5.41, 5.74) is 1.41. The molecule has 1 aromatic carbocycles. The molecule has 0 saturated heterocycles. The molecule has 1 N–H and O–H groups in total. The molecule has 2 rings (SSSR count). The Labute approximate surface area is 95.4 Å². The molecule has 15 heavy (non-hydrogen) atoms. The highest BCUT2D eigenvalue weighted by Crippen LogP contribution is 2.45. The van der Waals surface area contributed by atoms with Crippen LogP contribution in [-0.4, -0.2) is 18.9 Å². The normalized spacial score (nSPS) is 23.9. The van der Waals surface area contributed by atoms with E-state index in [0.717, 1.165) is 12.3 Å². The van der Waals surface area contributed by atoms with Gasteiger partial charge in [0.15, 0.2) is 0 Å². The first kappa shape index (κ1) is 10.8. The number of hydrogen-bond acceptors (Lipinski definition) is 3. The van der Waals surface area contributed by atoms with Gasteiger partial charge in [-0.25, -0.2) is 0 Å². The maximum absolute atomic E-state index is 5.24. The summed E-state index contributed by atoms with van der Waals surface area (Å²) in [5, 5.41) is 4.13. The van der Waals surface area contributed by atoms with Crippen molar-refractivity contribution in [1.82, 2.24) is 5.32 Å². The number of rotatable bonds is 3. The molecule has 0 amide bonds. The van der Waals surface area contributed by atoms with E-state index in [0.29, 0.717) is 11.3 Å². The van der Waals surface area contributed by atoms with Crippen molar-refractivity contribution in [1.29, 1.82) is 0 Å². The summed E-state index contributed by atoms with van der Waals surface area (Å²) < 4.78 is 5.24. The number of thioether (sulfide) groups is 1. The predicted octanol–water partition coefficient (Wildman–Crippen LogP) is 2.84. The van der Waals surface area contributed by atoms with Crippen LogP contribution >= 0.6 is 11.8 Å². The minimum Gasteiger partial charge on any atom is -0.497 e. The molecule has 3 heteroatoms. The molecule has 0 bridgehead atoms. The van der Waals surface area contributed by atoms with E-state index < -0.39 is 0 Å². The van der Waals surface area contributed by atoms with Gasteiger partial charge in [-0.2, -0.15) is 0 Å². The molecule has 1 heterocycles. The van der Waals surface area contributed by atoms with Crippen molar-refractivity contribution in [3.8, 4) is 5.75 Å². The third-order valence-electron chi connectivity index (χ3n) is 2.76. The molecular weight excluding hydrogens is 206 g/mol. The minimum atomic E-state index is 0.487. The monoisotopic (exact) mass is 223 g/mol. The van der Waals surface area contributed by atoms with Crippen LogP contribution in [0.25, 0.3) is 0 Å². The Bertz CT molecular complexity index is 353. The predicted molar refractivity (Wildman–Crippen MR) is 64.7 cm³/mol. The Kier molecular flexibility index (Phi) is 3.22. The quantitative estimate of drug-likeness (QED) is 0.851. The van der Waals surface area contributed by atoms with Gasteiger partial charge in [0.25, 0.3) is 0 Å². The van der Waals surface area contributed by atoms with Crippen LogP contribution in [0.4, 0.5) is 0 Å². The SMILES string of the molecule is CCNC1c2ccc(OC)cc2SC1C. The van der Waals surface area contributed by atoms with Crippen LogP contribution in [0.1, 0.15) is 25.5 Å². The number of fused-ring (bicyclic) bond motifs is 1. The average Bonchev–Trinajstić information content (AvgIpc) is 2.55. The topological polar surface area (TPSA) is 21.3 Å². The smallest absolute Gasteiger partial charge is 0.119 e. The lowest BCUT2D eigenvalue weighted by molar-refractivity contribution is 0.413. The number of hydrogen-bond donors (Lipinski definition) is 1. The zero-order valence-electron chi connectivity index (χ0n) is 9.41. The van der Waals surface area contributed by atoms with Gasteiger partial charge in [-0.05, 0) is 24.2 Å². The third-order valence-corrected chi connectivity index (χ3v) is 4.01. The number of benzene rings is 1. The summed E-state index contributed by atoms with van der Waals surface area (Å²) in [6.45, 7) is 5.43. The average molecular weight is 223 g/mol. The second-order valence-corrected chi connectivity index (χ2v) is 5.18. The maximum atomic E-state index is 5.24. The maximum Gasteiger partial charge on any atom is 0.119 e. The summed E-state index contributed by atoms with van der Waals surface area (Å²) in [7, 11) is 1.71. The van der Waals surface area contributed by atoms with E-state index in [1.54, 1.807) is 7.11 Å². The zero-order valence-corrected chi connectivity index (χ0v) is 10.2. The van der Waals surface area contributed by atoms with E-state index in [1.807, 2.05) is 17.8 Å². The highest BCUT2D eigenvalue weighted by Gasteiger charge is 2.29. The molecule has 0 fully saturated rings. The van der Waals surface area contributed by atoms with E-state index in [2.05, 4.69) is 31.3 Å². The number of ether oxygens (including phenoxy) is 1. The van der Waals surface area contributed by atoms with E-state index in [9.17, 15) is 0 Å². The minimum absolute atomic E-state index is 0.487. The standard InChI is InChI=1S/C12H17NOS/c1-4-13-12-8(2)15-11-7-9(14-3)5-6-10(11)12/h5-8,12-13H,4H2,1-3H3. The molecule has 2 nitrogen and oxygen atoms in total. The summed E-state index contributed by atoms with van der Waals surface area (Å²) in [5.74, 6) is 0.950. The van der Waals surface area contributed by atoms with Gasteiger partial charge in [0.05, 0.1) is 7.11 Å². The van der Waals surface area contributed by atoms with Gasteiger partial charge < -0.3 is 10.1 Å². The van der Waals surface area contributed by atoms with Crippen molar-refractivity contribution < 1.29 is 4.74 Å². The first-order valence-electron chi connectivity index (χ1n) is 5.34. The van der Waals surface area contributed by atoms with Crippen molar-refractivity contribution in [2.45, 2.75) is 30.0 Å². The zero-order chi connectivity index (χ0) is 10.8. The fourth-order valence-corrected chi connectivity index (χ4v) is 3.31. The fourth-order valence-electron chi connectivity index (χ4n) is 2.02. The van der Waals surface area contributed by atoms with Gasteiger partial charge in [-0.15, -0.1) is 11.8 Å². The van der Waals surface area contributed by atoms with E-state index in [1.165, 1.54) is 10.5 Å². The molecule has 0 saturated carbocycles. The van der Waals surface area contributed by atoms with Crippen molar-refractivity contribution >= 4 is 11.8 Å². The van der Waals surface area contributed by atoms with Crippen LogP contribution in [0.2, 0.25) is 0 Å². The summed E-state index contributed by atoms with van der Waals surface area (Å²) in [6, 6.07) is 6.84.